The van der Waals surface area contributed by atoms with E-state index in [9.17, 15) is 45.5 Å². The predicted molar refractivity (Wildman–Crippen MR) is 254 cm³/mol. The Morgan fingerprint density at radius 2 is 1.04 bits per heavy atom. The molecule has 0 spiro atoms. The van der Waals surface area contributed by atoms with Gasteiger partial charge in [0.2, 0.25) is 11.8 Å². The van der Waals surface area contributed by atoms with E-state index in [1.54, 1.807) is 48.5 Å². The molecule has 0 unspecified atom stereocenters. The van der Waals surface area contributed by atoms with Crippen molar-refractivity contribution in [1.29, 1.82) is 0 Å². The van der Waals surface area contributed by atoms with E-state index in [1.807, 2.05) is 12.1 Å². The number of rotatable bonds is 15. The van der Waals surface area contributed by atoms with Gasteiger partial charge in [0, 0.05) is 97.4 Å². The summed E-state index contributed by atoms with van der Waals surface area (Å²) in [5.41, 5.74) is 1.95. The molecule has 2 fully saturated rings. The maximum absolute atomic E-state index is 14.9. The summed E-state index contributed by atoms with van der Waals surface area (Å²) in [4.78, 5) is 52.4. The lowest BCUT2D eigenvalue weighted by molar-refractivity contribution is -0.121. The number of carbonyl (C=O) groups excluding carboxylic acids is 4. The van der Waals surface area contributed by atoms with Crippen LogP contribution in [0.15, 0.2) is 106 Å². The molecular weight excluding hydrogens is 1000 g/mol. The maximum atomic E-state index is 14.9. The van der Waals surface area contributed by atoms with E-state index in [2.05, 4.69) is 51.9 Å². The second-order valence-corrected chi connectivity index (χ2v) is 16.9. The number of likely N-dealkylation sites (tertiary alicyclic amines) is 1. The van der Waals surface area contributed by atoms with Gasteiger partial charge in [-0.05, 0) is 61.4 Å². The highest BCUT2D eigenvalue weighted by Gasteiger charge is 2.23. The molecule has 6 aromatic rings. The number of anilines is 2. The number of hydrogen-bond acceptors (Lipinski definition) is 11. The second kappa shape index (κ2) is 26.9. The number of carbonyl (C=O) groups is 4. The minimum atomic E-state index is -2.92. The Labute approximate surface area is 413 Å². The molecule has 1 aliphatic heterocycles. The van der Waals surface area contributed by atoms with Crippen molar-refractivity contribution in [2.24, 2.45) is 0 Å². The van der Waals surface area contributed by atoms with Gasteiger partial charge in [0.25, 0.3) is 11.8 Å². The molecule has 4 amide bonds. The Morgan fingerprint density at radius 1 is 0.606 bits per heavy atom. The zero-order valence-corrected chi connectivity index (χ0v) is 39.8. The van der Waals surface area contributed by atoms with Crippen LogP contribution in [0.4, 0.5) is 47.3 Å². The first-order valence-corrected chi connectivity index (χ1v) is 23.7. The van der Waals surface area contributed by atoms with Crippen molar-refractivity contribution < 1.29 is 54.4 Å². The SMILES string of the molecule is O=C(NCCBr)N(Cc1ccc(-c2nnc(C(F)F)o2)cc1F)c1ccccc1.O=C1CCCCC1.O=C1CCN(CCNC(=O)N(Cc2ccc(-c3nnc(C(F)F)o3)cc2F)c2ccccc2)CC1. The van der Waals surface area contributed by atoms with Crippen LogP contribution in [0.2, 0.25) is 0 Å². The Bertz CT molecular complexity index is 2660. The van der Waals surface area contributed by atoms with Crippen LogP contribution in [0.5, 0.6) is 0 Å². The normalized spacial score (nSPS) is 13.8. The van der Waals surface area contributed by atoms with E-state index in [1.165, 1.54) is 40.5 Å². The molecule has 8 rings (SSSR count). The van der Waals surface area contributed by atoms with Gasteiger partial charge in [0.1, 0.15) is 23.2 Å². The predicted octanol–water partition coefficient (Wildman–Crippen LogP) is 10.6. The van der Waals surface area contributed by atoms with Crippen LogP contribution in [-0.4, -0.2) is 87.0 Å². The molecule has 2 aliphatic rings. The number of aromatic nitrogens is 4. The fourth-order valence-corrected chi connectivity index (χ4v) is 7.45. The maximum Gasteiger partial charge on any atom is 0.322 e. The third-order valence-electron chi connectivity index (χ3n) is 11.0. The van der Waals surface area contributed by atoms with Gasteiger partial charge >= 0.3 is 24.9 Å². The molecule has 376 valence electrons. The van der Waals surface area contributed by atoms with Crippen molar-refractivity contribution >= 4 is 50.9 Å². The van der Waals surface area contributed by atoms with Crippen molar-refractivity contribution in [1.82, 2.24) is 35.9 Å². The first-order valence-electron chi connectivity index (χ1n) is 22.6. The number of alkyl halides is 5. The number of piperidine rings is 1. The number of amides is 4. The highest BCUT2D eigenvalue weighted by Crippen LogP contribution is 2.28. The van der Waals surface area contributed by atoms with E-state index in [0.717, 1.165) is 37.8 Å². The summed E-state index contributed by atoms with van der Waals surface area (Å²) in [6, 6.07) is 25.0. The second-order valence-electron chi connectivity index (χ2n) is 16.1. The van der Waals surface area contributed by atoms with Crippen molar-refractivity contribution in [2.75, 3.05) is 47.9 Å². The Hall–Kier alpha value is -6.94. The molecule has 2 aromatic heterocycles. The molecule has 15 nitrogen and oxygen atoms in total. The molecule has 2 N–H and O–H groups in total. The van der Waals surface area contributed by atoms with Crippen molar-refractivity contribution in [3.05, 3.63) is 132 Å². The number of halogens is 7. The first kappa shape index (κ1) is 53.4. The van der Waals surface area contributed by atoms with Gasteiger partial charge in [-0.15, -0.1) is 20.4 Å². The van der Waals surface area contributed by atoms with Crippen LogP contribution in [0, 0.1) is 11.6 Å². The number of ketones is 2. The molecule has 0 radical (unpaired) electrons. The average Bonchev–Trinajstić information content (AvgIpc) is 4.09. The lowest BCUT2D eigenvalue weighted by atomic mass is 10.00. The zero-order chi connectivity index (χ0) is 50.7. The number of hydrogen-bond donors (Lipinski definition) is 2. The van der Waals surface area contributed by atoms with E-state index in [-0.39, 0.29) is 58.9 Å². The Morgan fingerprint density at radius 3 is 1.42 bits per heavy atom. The quantitative estimate of drug-likeness (QED) is 0.0738. The van der Waals surface area contributed by atoms with Gasteiger partial charge in [-0.2, -0.15) is 17.6 Å². The van der Waals surface area contributed by atoms with E-state index < -0.39 is 42.3 Å². The van der Waals surface area contributed by atoms with Crippen molar-refractivity contribution in [2.45, 2.75) is 70.9 Å². The highest BCUT2D eigenvalue weighted by atomic mass is 79.9. The molecular formula is C49H50BrF6N9O6. The fourth-order valence-electron chi connectivity index (χ4n) is 7.25. The van der Waals surface area contributed by atoms with Gasteiger partial charge in [-0.3, -0.25) is 19.4 Å². The fraction of sp³-hybridized carbons (Fsp3) is 0.347. The molecule has 4 aromatic carbocycles. The monoisotopic (exact) mass is 1050 g/mol. The zero-order valence-electron chi connectivity index (χ0n) is 38.2. The van der Waals surface area contributed by atoms with Crippen molar-refractivity contribution in [3.63, 3.8) is 0 Å². The lowest BCUT2D eigenvalue weighted by Crippen LogP contribution is -2.44. The summed E-state index contributed by atoms with van der Waals surface area (Å²) in [5, 5.41) is 19.7. The van der Waals surface area contributed by atoms with Crippen molar-refractivity contribution in [3.8, 4) is 22.9 Å². The molecule has 0 atom stereocenters. The number of para-hydroxylation sites is 2. The summed E-state index contributed by atoms with van der Waals surface area (Å²) < 4.78 is 89.9. The van der Waals surface area contributed by atoms with Crippen LogP contribution >= 0.6 is 15.9 Å². The van der Waals surface area contributed by atoms with E-state index >= 15 is 0 Å². The number of nitrogens with zero attached hydrogens (tertiary/aromatic N) is 7. The van der Waals surface area contributed by atoms with Crippen LogP contribution in [0.3, 0.4) is 0 Å². The van der Waals surface area contributed by atoms with Gasteiger partial charge in [0.15, 0.2) is 0 Å². The number of nitrogens with one attached hydrogen (secondary N) is 2. The smallest absolute Gasteiger partial charge is 0.322 e. The largest absolute Gasteiger partial charge is 0.415 e. The minimum Gasteiger partial charge on any atom is -0.415 e. The third-order valence-corrected chi connectivity index (χ3v) is 11.4. The van der Waals surface area contributed by atoms with Gasteiger partial charge in [-0.25, -0.2) is 18.4 Å². The highest BCUT2D eigenvalue weighted by molar-refractivity contribution is 9.09. The number of benzene rings is 4. The molecule has 3 heterocycles. The Balaban J connectivity index is 0.000000207. The summed E-state index contributed by atoms with van der Waals surface area (Å²) in [5.74, 6) is -2.66. The topological polar surface area (TPSA) is 180 Å². The molecule has 71 heavy (non-hydrogen) atoms. The number of Topliss-reactive ketones (excluding diaryl/α,β-unsaturated/α-hetero) is 2. The van der Waals surface area contributed by atoms with Crippen LogP contribution in [-0.2, 0) is 22.7 Å². The summed E-state index contributed by atoms with van der Waals surface area (Å²) in [6.07, 6.45) is 0.455. The van der Waals surface area contributed by atoms with Gasteiger partial charge < -0.3 is 24.4 Å². The number of urea groups is 2. The average molecular weight is 1050 g/mol. The molecule has 22 heteroatoms. The lowest BCUT2D eigenvalue weighted by Gasteiger charge is -2.27. The van der Waals surface area contributed by atoms with E-state index in [4.69, 9.17) is 8.83 Å². The third kappa shape index (κ3) is 16.0. The first-order chi connectivity index (χ1) is 34.3. The van der Waals surface area contributed by atoms with Crippen LogP contribution in [0.1, 0.15) is 80.7 Å². The molecule has 0 bridgehead atoms. The molecule has 1 saturated heterocycles. The Kier molecular flexibility index (Phi) is 20.2. The minimum absolute atomic E-state index is 0.0314. The van der Waals surface area contributed by atoms with Gasteiger partial charge in [-0.1, -0.05) is 70.9 Å². The van der Waals surface area contributed by atoms with Crippen LogP contribution in [0.25, 0.3) is 22.9 Å². The van der Waals surface area contributed by atoms with Gasteiger partial charge in [0.05, 0.1) is 13.1 Å². The summed E-state index contributed by atoms with van der Waals surface area (Å²) in [7, 11) is 0. The van der Waals surface area contributed by atoms with E-state index in [0.29, 0.717) is 68.1 Å². The summed E-state index contributed by atoms with van der Waals surface area (Å²) in [6.45, 7) is 2.65. The van der Waals surface area contributed by atoms with Crippen LogP contribution < -0.4 is 20.4 Å². The summed E-state index contributed by atoms with van der Waals surface area (Å²) >= 11 is 3.24. The molecule has 1 saturated carbocycles. The molecule has 1 aliphatic carbocycles. The standard InChI is InChI=1S/C24H24F3N5O3.C19H16BrF3N4O2.C6H10O/c25-20-14-16(22-29-30-23(35-22)21(26)27)6-7-17(20)15-32(18-4-2-1-3-5-18)24(34)28-10-13-31-11-8-19(33)9-12-31;20-8-9-24-19(28)27(14-4-2-1-3-5-14)11-13-7-6-12(10-15(13)21)17-25-26-18(29-17)16(22)23;7-6-4-2-1-3-5-6/h1-7,14,21H,8-13,15H2,(H,28,34);1-7,10,16H,8-9,11H2,(H,24,28);1-5H2.